The molecule has 104 valence electrons. The first-order valence-electron chi connectivity index (χ1n) is 7.96. The maximum absolute atomic E-state index is 3.98. The fourth-order valence-electron chi connectivity index (χ4n) is 4.36. The largest absolute Gasteiger partial charge is 0.310 e. The number of piperidine rings is 2. The Hall–Kier alpha value is -0.120. The molecule has 0 aromatic rings. The van der Waals surface area contributed by atoms with E-state index < -0.39 is 0 Å². The van der Waals surface area contributed by atoms with Gasteiger partial charge in [-0.25, -0.2) is 0 Å². The van der Waals surface area contributed by atoms with E-state index >= 15 is 0 Å². The summed E-state index contributed by atoms with van der Waals surface area (Å²) >= 11 is 0. The van der Waals surface area contributed by atoms with Crippen molar-refractivity contribution in [1.29, 1.82) is 0 Å². The highest BCUT2D eigenvalue weighted by molar-refractivity contribution is 4.97. The molecule has 3 unspecified atom stereocenters. The molecule has 2 bridgehead atoms. The Morgan fingerprint density at radius 2 is 1.78 bits per heavy atom. The van der Waals surface area contributed by atoms with Crippen LogP contribution in [0.3, 0.4) is 0 Å². The molecule has 0 amide bonds. The van der Waals surface area contributed by atoms with Crippen LogP contribution < -0.4 is 5.32 Å². The van der Waals surface area contributed by atoms with Crippen molar-refractivity contribution in [2.75, 3.05) is 26.7 Å². The van der Waals surface area contributed by atoms with E-state index in [0.29, 0.717) is 0 Å². The van der Waals surface area contributed by atoms with Gasteiger partial charge in [0, 0.05) is 30.7 Å². The van der Waals surface area contributed by atoms with E-state index in [-0.39, 0.29) is 0 Å². The van der Waals surface area contributed by atoms with E-state index in [9.17, 15) is 0 Å². The summed E-state index contributed by atoms with van der Waals surface area (Å²) in [7, 11) is 2.33. The Morgan fingerprint density at radius 3 is 2.44 bits per heavy atom. The number of likely N-dealkylation sites (tertiary alicyclic amines) is 1. The molecule has 18 heavy (non-hydrogen) atoms. The molecule has 1 N–H and O–H groups in total. The highest BCUT2D eigenvalue weighted by Crippen LogP contribution is 2.34. The maximum atomic E-state index is 3.98. The lowest BCUT2D eigenvalue weighted by Gasteiger charge is -2.40. The number of nitrogens with one attached hydrogen (secondary N) is 1. The number of likely N-dealkylation sites (N-methyl/N-ethyl adjacent to an activating group) is 1. The van der Waals surface area contributed by atoms with Crippen molar-refractivity contribution in [2.24, 2.45) is 0 Å². The first-order valence-corrected chi connectivity index (χ1v) is 7.96. The summed E-state index contributed by atoms with van der Waals surface area (Å²) < 4.78 is 0. The monoisotopic (exact) mass is 251 g/mol. The quantitative estimate of drug-likeness (QED) is 0.823. The number of nitrogens with zero attached hydrogens (tertiary/aromatic N) is 2. The van der Waals surface area contributed by atoms with Crippen LogP contribution in [0.5, 0.6) is 0 Å². The summed E-state index contributed by atoms with van der Waals surface area (Å²) in [5, 5.41) is 3.98. The Labute approximate surface area is 112 Å². The van der Waals surface area contributed by atoms with Crippen molar-refractivity contribution in [3.05, 3.63) is 0 Å². The summed E-state index contributed by atoms with van der Waals surface area (Å²) in [6, 6.07) is 3.28. The van der Waals surface area contributed by atoms with Crippen molar-refractivity contribution < 1.29 is 0 Å². The summed E-state index contributed by atoms with van der Waals surface area (Å²) in [6.45, 7) is 6.10. The maximum Gasteiger partial charge on any atom is 0.0198 e. The molecule has 3 aliphatic heterocycles. The zero-order valence-corrected chi connectivity index (χ0v) is 12.1. The molecule has 0 aromatic heterocycles. The van der Waals surface area contributed by atoms with Crippen LogP contribution in [0.25, 0.3) is 0 Å². The van der Waals surface area contributed by atoms with Gasteiger partial charge in [-0.2, -0.15) is 0 Å². The molecule has 3 heteroatoms. The van der Waals surface area contributed by atoms with Gasteiger partial charge < -0.3 is 15.1 Å². The topological polar surface area (TPSA) is 18.5 Å². The Balaban J connectivity index is 1.51. The average molecular weight is 251 g/mol. The smallest absolute Gasteiger partial charge is 0.0198 e. The normalized spacial score (nSPS) is 42.3. The lowest BCUT2D eigenvalue weighted by molar-refractivity contribution is 0.126. The molecule has 3 atom stereocenters. The van der Waals surface area contributed by atoms with Crippen molar-refractivity contribution in [2.45, 2.75) is 69.6 Å². The predicted molar refractivity (Wildman–Crippen MR) is 75.9 cm³/mol. The van der Waals surface area contributed by atoms with E-state index in [1.165, 1.54) is 58.2 Å². The van der Waals surface area contributed by atoms with Gasteiger partial charge in [0.15, 0.2) is 0 Å². The van der Waals surface area contributed by atoms with Crippen LogP contribution >= 0.6 is 0 Å². The second-order valence-corrected chi connectivity index (χ2v) is 6.62. The van der Waals surface area contributed by atoms with Gasteiger partial charge in [0.05, 0.1) is 0 Å². The minimum absolute atomic E-state index is 0.756. The lowest BCUT2D eigenvalue weighted by atomic mass is 9.95. The van der Waals surface area contributed by atoms with Gasteiger partial charge in [-0.1, -0.05) is 6.92 Å². The summed E-state index contributed by atoms with van der Waals surface area (Å²) in [6.07, 6.45) is 8.41. The Kier molecular flexibility index (Phi) is 3.92. The van der Waals surface area contributed by atoms with Gasteiger partial charge in [-0.15, -0.1) is 0 Å². The molecule has 0 aliphatic carbocycles. The van der Waals surface area contributed by atoms with Crippen LogP contribution in [0.2, 0.25) is 0 Å². The van der Waals surface area contributed by atoms with Crippen molar-refractivity contribution in [1.82, 2.24) is 15.1 Å². The Morgan fingerprint density at radius 1 is 1.06 bits per heavy atom. The van der Waals surface area contributed by atoms with Crippen LogP contribution in [-0.2, 0) is 0 Å². The van der Waals surface area contributed by atoms with E-state index in [2.05, 4.69) is 29.1 Å². The molecule has 3 heterocycles. The molecule has 0 saturated carbocycles. The van der Waals surface area contributed by atoms with E-state index in [1.54, 1.807) is 0 Å². The number of hydrogen-bond donors (Lipinski definition) is 1. The van der Waals surface area contributed by atoms with Gasteiger partial charge in [0.2, 0.25) is 0 Å². The number of hydrogen-bond acceptors (Lipinski definition) is 3. The number of rotatable bonds is 3. The van der Waals surface area contributed by atoms with E-state index in [1.807, 2.05) is 0 Å². The summed E-state index contributed by atoms with van der Waals surface area (Å²) in [5.74, 6) is 0. The molecule has 3 rings (SSSR count). The SMILES string of the molecule is CCN1CCCC(NC2CC3CCC(C2)N3C)C1. The van der Waals surface area contributed by atoms with Gasteiger partial charge in [0.25, 0.3) is 0 Å². The zero-order chi connectivity index (χ0) is 12.5. The summed E-state index contributed by atoms with van der Waals surface area (Å²) in [4.78, 5) is 5.24. The van der Waals surface area contributed by atoms with Gasteiger partial charge >= 0.3 is 0 Å². The van der Waals surface area contributed by atoms with E-state index in [4.69, 9.17) is 0 Å². The lowest BCUT2D eigenvalue weighted by Crippen LogP contribution is -2.53. The van der Waals surface area contributed by atoms with Crippen molar-refractivity contribution in [3.63, 3.8) is 0 Å². The molecule has 3 nitrogen and oxygen atoms in total. The number of fused-ring (bicyclic) bond motifs is 2. The fourth-order valence-corrected chi connectivity index (χ4v) is 4.36. The van der Waals surface area contributed by atoms with Crippen LogP contribution in [0.15, 0.2) is 0 Å². The van der Waals surface area contributed by atoms with E-state index in [0.717, 1.165) is 24.2 Å². The van der Waals surface area contributed by atoms with Crippen molar-refractivity contribution >= 4 is 0 Å². The van der Waals surface area contributed by atoms with Crippen molar-refractivity contribution in [3.8, 4) is 0 Å². The van der Waals surface area contributed by atoms with Crippen LogP contribution in [0, 0.1) is 0 Å². The zero-order valence-electron chi connectivity index (χ0n) is 12.1. The molecule has 0 radical (unpaired) electrons. The minimum Gasteiger partial charge on any atom is -0.310 e. The van der Waals surface area contributed by atoms with Gasteiger partial charge in [-0.3, -0.25) is 0 Å². The molecule has 3 fully saturated rings. The van der Waals surface area contributed by atoms with Crippen LogP contribution in [0.4, 0.5) is 0 Å². The Bertz CT molecular complexity index is 267. The second kappa shape index (κ2) is 5.48. The third-order valence-corrected chi connectivity index (χ3v) is 5.52. The predicted octanol–water partition coefficient (Wildman–Crippen LogP) is 1.69. The third kappa shape index (κ3) is 2.59. The van der Waals surface area contributed by atoms with Gasteiger partial charge in [-0.05, 0) is 58.7 Å². The second-order valence-electron chi connectivity index (χ2n) is 6.62. The molecular formula is C15H29N3. The average Bonchev–Trinajstić information content (AvgIpc) is 2.62. The molecular weight excluding hydrogens is 222 g/mol. The van der Waals surface area contributed by atoms with Gasteiger partial charge in [0.1, 0.15) is 0 Å². The highest BCUT2D eigenvalue weighted by Gasteiger charge is 2.38. The molecule has 3 saturated heterocycles. The van der Waals surface area contributed by atoms with Crippen LogP contribution in [0.1, 0.15) is 45.4 Å². The first kappa shape index (κ1) is 12.9. The summed E-state index contributed by atoms with van der Waals surface area (Å²) in [5.41, 5.74) is 0. The molecule has 0 spiro atoms. The highest BCUT2D eigenvalue weighted by atomic mass is 15.2. The molecule has 3 aliphatic rings. The standard InChI is InChI=1S/C15H29N3/c1-3-18-8-4-5-12(11-18)16-13-9-14-6-7-15(10-13)17(14)2/h12-16H,3-11H2,1-2H3. The molecule has 0 aromatic carbocycles. The third-order valence-electron chi connectivity index (χ3n) is 5.52. The first-order chi connectivity index (χ1) is 8.76. The minimum atomic E-state index is 0.756. The van der Waals surface area contributed by atoms with Crippen LogP contribution in [-0.4, -0.2) is 60.6 Å². The fraction of sp³-hybridized carbons (Fsp3) is 1.00.